The fraction of sp³-hybridized carbons (Fsp3) is 0.531. The summed E-state index contributed by atoms with van der Waals surface area (Å²) in [6, 6.07) is 12.4. The van der Waals surface area contributed by atoms with E-state index in [2.05, 4.69) is 0 Å². The van der Waals surface area contributed by atoms with Crippen LogP contribution in [0.4, 0.5) is 0 Å². The largest absolute Gasteiger partial charge is 0.507 e. The van der Waals surface area contributed by atoms with Crippen LogP contribution in [0.5, 0.6) is 5.75 Å². The van der Waals surface area contributed by atoms with Crippen molar-refractivity contribution in [2.75, 3.05) is 0 Å². The van der Waals surface area contributed by atoms with Crippen molar-refractivity contribution in [3.63, 3.8) is 0 Å². The number of aromatic hydroxyl groups is 1. The quantitative estimate of drug-likeness (QED) is 0.303. The van der Waals surface area contributed by atoms with E-state index >= 15 is 0 Å². The van der Waals surface area contributed by atoms with E-state index in [1.807, 2.05) is 31.2 Å². The van der Waals surface area contributed by atoms with Gasteiger partial charge < -0.3 is 31.3 Å². The Balaban J connectivity index is 1.81. The van der Waals surface area contributed by atoms with Crippen LogP contribution in [-0.4, -0.2) is 66.9 Å². The van der Waals surface area contributed by atoms with Crippen molar-refractivity contribution in [1.29, 1.82) is 0 Å². The van der Waals surface area contributed by atoms with Gasteiger partial charge >= 0.3 is 0 Å². The van der Waals surface area contributed by atoms with Crippen molar-refractivity contribution in [2.24, 2.45) is 40.2 Å². The molecule has 9 heteroatoms. The Morgan fingerprint density at radius 2 is 1.63 bits per heavy atom. The summed E-state index contributed by atoms with van der Waals surface area (Å²) in [5.74, 6) is -9.03. The fourth-order valence-electron chi connectivity index (χ4n) is 8.84. The fourth-order valence-corrected chi connectivity index (χ4v) is 8.84. The summed E-state index contributed by atoms with van der Waals surface area (Å²) in [5, 5.41) is 59.1. The third-order valence-electron chi connectivity index (χ3n) is 10.8. The Morgan fingerprint density at radius 1 is 1.02 bits per heavy atom. The van der Waals surface area contributed by atoms with Crippen LogP contribution in [0.1, 0.15) is 60.7 Å². The smallest absolute Gasteiger partial charge is 0.230 e. The van der Waals surface area contributed by atoms with Gasteiger partial charge in [-0.05, 0) is 48.3 Å². The molecule has 3 aliphatic carbocycles. The number of aliphatic hydroxyl groups is 4. The number of nitrogens with two attached hydrogens (primary N) is 1. The van der Waals surface area contributed by atoms with Gasteiger partial charge in [0.1, 0.15) is 17.8 Å². The predicted octanol–water partition coefficient (Wildman–Crippen LogP) is 1.64. The lowest BCUT2D eigenvalue weighted by atomic mass is 9.36. The zero-order chi connectivity index (χ0) is 30.4. The molecular formula is C32H39NO8. The maximum atomic E-state index is 14.2. The average molecular weight is 566 g/mol. The molecule has 0 aromatic heterocycles. The van der Waals surface area contributed by atoms with Gasteiger partial charge in [-0.2, -0.15) is 0 Å². The summed E-state index contributed by atoms with van der Waals surface area (Å²) in [4.78, 5) is 40.6. The first-order chi connectivity index (χ1) is 19.1. The lowest BCUT2D eigenvalue weighted by molar-refractivity contribution is -0.307. The highest BCUT2D eigenvalue weighted by Crippen LogP contribution is 2.68. The molecule has 220 valence electrons. The van der Waals surface area contributed by atoms with Gasteiger partial charge in [-0.1, -0.05) is 69.7 Å². The number of phenols is 1. The van der Waals surface area contributed by atoms with Crippen LogP contribution >= 0.6 is 0 Å². The molecule has 2 unspecified atom stereocenters. The van der Waals surface area contributed by atoms with E-state index < -0.39 is 81.8 Å². The number of hydrogen-bond donors (Lipinski definition) is 6. The van der Waals surface area contributed by atoms with E-state index in [1.54, 1.807) is 32.9 Å². The van der Waals surface area contributed by atoms with Gasteiger partial charge in [0, 0.05) is 10.8 Å². The third-order valence-corrected chi connectivity index (χ3v) is 10.8. The standard InChI is InChI=1S/C32H39NO8/c1-14(2)22-25(36)21(28(33)39)26(37)32(41)27(38)23-24(35)20-17(7-6-8-19(20)34)18(13-16-11-9-15(3)10-12-16)30(23,4)29(40)31(22,32)5/h6-12,14,18,21-23,25,27,29,34,36,38,40-41H,13H2,1-5H3,(H2,33,39)/t18-,21-,22+,23-,25?,27?,29-,30+,31+,32+/m1/s1. The minimum absolute atomic E-state index is 0.0410. The average Bonchev–Trinajstić information content (AvgIpc) is 2.89. The number of phenolic OH excluding ortho intramolecular Hbond substituents is 1. The van der Waals surface area contributed by atoms with E-state index in [4.69, 9.17) is 5.73 Å². The van der Waals surface area contributed by atoms with Gasteiger partial charge in [0.15, 0.2) is 17.2 Å². The number of ketones is 2. The van der Waals surface area contributed by atoms with Gasteiger partial charge in [-0.15, -0.1) is 0 Å². The molecule has 0 bridgehead atoms. The number of amides is 1. The van der Waals surface area contributed by atoms with Crippen LogP contribution in [0.2, 0.25) is 0 Å². The summed E-state index contributed by atoms with van der Waals surface area (Å²) in [7, 11) is 0. The second kappa shape index (κ2) is 9.46. The number of Topliss-reactive ketones (excluding diaryl/α,β-unsaturated/α-hetero) is 2. The van der Waals surface area contributed by atoms with Crippen molar-refractivity contribution in [2.45, 2.75) is 70.9 Å². The van der Waals surface area contributed by atoms with Gasteiger partial charge in [0.05, 0.1) is 23.7 Å². The Morgan fingerprint density at radius 3 is 2.20 bits per heavy atom. The summed E-state index contributed by atoms with van der Waals surface area (Å²) < 4.78 is 0. The number of carbonyl (C=O) groups excluding carboxylic acids is 3. The van der Waals surface area contributed by atoms with E-state index in [0.29, 0.717) is 12.0 Å². The number of aryl methyl sites for hydroxylation is 1. The molecule has 0 saturated heterocycles. The number of hydrogen-bond acceptors (Lipinski definition) is 8. The maximum absolute atomic E-state index is 14.2. The zero-order valence-electron chi connectivity index (χ0n) is 23.9. The number of rotatable bonds is 4. The van der Waals surface area contributed by atoms with Crippen LogP contribution in [0, 0.1) is 41.4 Å². The van der Waals surface area contributed by atoms with Crippen molar-refractivity contribution in [1.82, 2.24) is 0 Å². The van der Waals surface area contributed by atoms with E-state index in [1.165, 1.54) is 13.0 Å². The molecule has 2 saturated carbocycles. The summed E-state index contributed by atoms with van der Waals surface area (Å²) in [6.07, 6.45) is -5.03. The highest BCUT2D eigenvalue weighted by Gasteiger charge is 2.80. The highest BCUT2D eigenvalue weighted by molar-refractivity contribution is 6.09. The molecule has 3 aliphatic rings. The van der Waals surface area contributed by atoms with Crippen LogP contribution in [0.25, 0.3) is 0 Å². The summed E-state index contributed by atoms with van der Waals surface area (Å²) in [5.41, 5.74) is 1.71. The Labute approximate surface area is 239 Å². The molecular weight excluding hydrogens is 526 g/mol. The molecule has 0 radical (unpaired) electrons. The van der Waals surface area contributed by atoms with Crippen molar-refractivity contribution in [3.8, 4) is 5.75 Å². The maximum Gasteiger partial charge on any atom is 0.230 e. The lowest BCUT2D eigenvalue weighted by Crippen LogP contribution is -2.83. The van der Waals surface area contributed by atoms with E-state index in [9.17, 15) is 39.9 Å². The monoisotopic (exact) mass is 565 g/mol. The SMILES string of the molecule is Cc1ccc(C[C@@H]2c3cccc(O)c3C(=O)[C@@H]3C(O)[C@@]4(O)C(=O)[C@H](C(N)=O)C(O)[C@H](C(C)C)[C@@]4(C)[C@H](O)[C@@]23C)cc1. The van der Waals surface area contributed by atoms with Crippen molar-refractivity contribution in [3.05, 3.63) is 64.7 Å². The zero-order valence-corrected chi connectivity index (χ0v) is 23.9. The molecule has 0 spiro atoms. The van der Waals surface area contributed by atoms with Crippen LogP contribution in [-0.2, 0) is 16.0 Å². The van der Waals surface area contributed by atoms with Gasteiger partial charge in [-0.25, -0.2) is 0 Å². The molecule has 2 aromatic rings. The minimum atomic E-state index is -2.81. The first-order valence-corrected chi connectivity index (χ1v) is 14.1. The van der Waals surface area contributed by atoms with Crippen LogP contribution in [0.15, 0.2) is 42.5 Å². The van der Waals surface area contributed by atoms with Gasteiger partial charge in [0.2, 0.25) is 5.91 Å². The normalized spacial score (nSPS) is 40.1. The second-order valence-electron chi connectivity index (χ2n) is 13.1. The Kier molecular flexibility index (Phi) is 6.78. The molecule has 0 heterocycles. The van der Waals surface area contributed by atoms with Crippen molar-refractivity contribution >= 4 is 17.5 Å². The first-order valence-electron chi connectivity index (χ1n) is 14.1. The molecule has 5 rings (SSSR count). The van der Waals surface area contributed by atoms with Gasteiger partial charge in [0.25, 0.3) is 0 Å². The number of fused-ring (bicyclic) bond motifs is 3. The summed E-state index contributed by atoms with van der Waals surface area (Å²) >= 11 is 0. The van der Waals surface area contributed by atoms with Gasteiger partial charge in [-0.3, -0.25) is 14.4 Å². The number of primary amides is 1. The molecule has 41 heavy (non-hydrogen) atoms. The Bertz CT molecular complexity index is 1420. The number of aliphatic hydroxyl groups excluding tert-OH is 3. The first kappa shape index (κ1) is 29.4. The van der Waals surface area contributed by atoms with Crippen LogP contribution < -0.4 is 5.73 Å². The molecule has 7 N–H and O–H groups in total. The van der Waals surface area contributed by atoms with Crippen molar-refractivity contribution < 1.29 is 39.9 Å². The highest BCUT2D eigenvalue weighted by atomic mass is 16.4. The lowest BCUT2D eigenvalue weighted by Gasteiger charge is -2.69. The second-order valence-corrected chi connectivity index (χ2v) is 13.1. The van der Waals surface area contributed by atoms with Crippen LogP contribution in [0.3, 0.4) is 0 Å². The van der Waals surface area contributed by atoms with E-state index in [-0.39, 0.29) is 11.3 Å². The molecule has 1 amide bonds. The molecule has 10 atom stereocenters. The number of carbonyl (C=O) groups is 3. The molecule has 0 aliphatic heterocycles. The Hall–Kier alpha value is -3.11. The third kappa shape index (κ3) is 3.59. The molecule has 2 fully saturated rings. The predicted molar refractivity (Wildman–Crippen MR) is 149 cm³/mol. The summed E-state index contributed by atoms with van der Waals surface area (Å²) in [6.45, 7) is 8.51. The topological polar surface area (TPSA) is 178 Å². The molecule has 9 nitrogen and oxygen atoms in total. The molecule has 2 aromatic carbocycles. The van der Waals surface area contributed by atoms with E-state index in [0.717, 1.165) is 11.1 Å². The number of benzene rings is 2. The minimum Gasteiger partial charge on any atom is -0.507 e.